The van der Waals surface area contributed by atoms with E-state index in [1.807, 2.05) is 133 Å². The van der Waals surface area contributed by atoms with Gasteiger partial charge in [-0.25, -0.2) is 0 Å². The van der Waals surface area contributed by atoms with Crippen molar-refractivity contribution in [2.75, 3.05) is 0 Å². The molecule has 0 amide bonds. The van der Waals surface area contributed by atoms with E-state index in [0.717, 1.165) is 11.1 Å². The van der Waals surface area contributed by atoms with Gasteiger partial charge in [-0.2, -0.15) is 0 Å². The topological polar surface area (TPSA) is 47.7 Å². The van der Waals surface area contributed by atoms with Crippen LogP contribution in [0, 0.1) is 10.8 Å². The summed E-state index contributed by atoms with van der Waals surface area (Å²) in [5.74, 6) is 0. The first-order valence-electron chi connectivity index (χ1n) is 13.8. The number of hydrogen-bond acceptors (Lipinski definition) is 2. The minimum atomic E-state index is -0.805. The molecule has 0 spiro atoms. The zero-order valence-electron chi connectivity index (χ0n) is 24.0. The van der Waals surface area contributed by atoms with Crippen LogP contribution >= 0.6 is 40.7 Å². The van der Waals surface area contributed by atoms with Crippen molar-refractivity contribution >= 4 is 72.8 Å². The van der Waals surface area contributed by atoms with Crippen molar-refractivity contribution < 1.29 is 0 Å². The number of nitrogens with one attached hydrogen (secondary N) is 2. The molecular formula is C38H34Cl2N2P2. The molecule has 0 radical (unpaired) electrons. The highest BCUT2D eigenvalue weighted by Gasteiger charge is 2.21. The predicted molar refractivity (Wildman–Crippen MR) is 199 cm³/mol. The lowest BCUT2D eigenvalue weighted by Gasteiger charge is -2.19. The summed E-state index contributed by atoms with van der Waals surface area (Å²) in [6.07, 6.45) is 0. The molecule has 0 saturated carbocycles. The van der Waals surface area contributed by atoms with E-state index < -0.39 is 15.8 Å². The van der Waals surface area contributed by atoms with Crippen LogP contribution in [0.5, 0.6) is 0 Å². The molecule has 2 nitrogen and oxygen atoms in total. The van der Waals surface area contributed by atoms with Gasteiger partial charge < -0.3 is 0 Å². The van der Waals surface area contributed by atoms with Crippen molar-refractivity contribution in [3.8, 4) is 0 Å². The maximum atomic E-state index is 8.69. The summed E-state index contributed by atoms with van der Waals surface area (Å²) in [5, 5.41) is 22.2. The largest absolute Gasteiger partial charge is 0.299 e. The van der Waals surface area contributed by atoms with Crippen molar-refractivity contribution in [3.63, 3.8) is 0 Å². The van der Waals surface area contributed by atoms with Crippen molar-refractivity contribution in [1.82, 2.24) is 0 Å². The first-order valence-corrected chi connectivity index (χ1v) is 16.5. The highest BCUT2D eigenvalue weighted by atomic mass is 35.5. The Kier molecular flexibility index (Phi) is 14.2. The second-order valence-electron chi connectivity index (χ2n) is 9.44. The maximum absolute atomic E-state index is 8.69. The molecule has 6 aromatic carbocycles. The standard InChI is InChI=1S/2C19H16NP.2ClH/c2*20-19(16-10-4-1-5-11-16)21(17-12-6-2-7-13-17)18-14-8-3-9-15-18;;/h2*1-15,20H;2*1H. The number of halogens is 2. The Balaban J connectivity index is 0.000000230. The van der Waals surface area contributed by atoms with Gasteiger partial charge in [-0.1, -0.05) is 182 Å². The Morgan fingerprint density at radius 2 is 0.477 bits per heavy atom. The molecule has 44 heavy (non-hydrogen) atoms. The van der Waals surface area contributed by atoms with Gasteiger partial charge in [0, 0.05) is 27.0 Å². The number of rotatable bonds is 8. The van der Waals surface area contributed by atoms with Gasteiger partial charge in [0.05, 0.1) is 10.9 Å². The Labute approximate surface area is 275 Å². The van der Waals surface area contributed by atoms with Gasteiger partial charge in [-0.05, 0) is 21.2 Å². The smallest absolute Gasteiger partial charge is 0.0703 e. The van der Waals surface area contributed by atoms with Crippen LogP contribution in [0.15, 0.2) is 182 Å². The maximum Gasteiger partial charge on any atom is 0.0703 e. The van der Waals surface area contributed by atoms with Gasteiger partial charge in [0.1, 0.15) is 0 Å². The zero-order valence-corrected chi connectivity index (χ0v) is 27.5. The molecule has 6 rings (SSSR count). The Morgan fingerprint density at radius 3 is 0.682 bits per heavy atom. The fourth-order valence-electron chi connectivity index (χ4n) is 4.57. The van der Waals surface area contributed by atoms with Gasteiger partial charge >= 0.3 is 0 Å². The summed E-state index contributed by atoms with van der Waals surface area (Å²) >= 11 is 0. The molecule has 6 heteroatoms. The van der Waals surface area contributed by atoms with E-state index >= 15 is 0 Å². The minimum absolute atomic E-state index is 0. The Hall–Kier alpha value is -3.90. The Morgan fingerprint density at radius 1 is 0.295 bits per heavy atom. The van der Waals surface area contributed by atoms with Crippen LogP contribution in [-0.4, -0.2) is 10.9 Å². The molecule has 0 saturated heterocycles. The lowest BCUT2D eigenvalue weighted by atomic mass is 10.2. The van der Waals surface area contributed by atoms with E-state index in [0.29, 0.717) is 10.9 Å². The zero-order chi connectivity index (χ0) is 29.0. The minimum Gasteiger partial charge on any atom is -0.299 e. The average molecular weight is 652 g/mol. The quantitative estimate of drug-likeness (QED) is 0.122. The average Bonchev–Trinajstić information content (AvgIpc) is 3.08. The highest BCUT2D eigenvalue weighted by Crippen LogP contribution is 2.38. The molecule has 0 unspecified atom stereocenters. The SMILES string of the molecule is Cl.Cl.N=C(c1ccccc1)P(c1ccccc1)c1ccccc1.N=C(c1ccccc1)P(c1ccccc1)c1ccccc1. The first-order chi connectivity index (χ1) is 20.7. The third kappa shape index (κ3) is 9.06. The monoisotopic (exact) mass is 650 g/mol. The summed E-state index contributed by atoms with van der Waals surface area (Å²) in [7, 11) is -1.61. The van der Waals surface area contributed by atoms with Crippen LogP contribution in [0.25, 0.3) is 0 Å². The lowest BCUT2D eigenvalue weighted by molar-refractivity contribution is 1.52. The third-order valence-corrected chi connectivity index (χ3v) is 11.3. The second-order valence-corrected chi connectivity index (χ2v) is 13.7. The summed E-state index contributed by atoms with van der Waals surface area (Å²) in [5.41, 5.74) is 3.39. The third-order valence-electron chi connectivity index (χ3n) is 6.60. The summed E-state index contributed by atoms with van der Waals surface area (Å²) < 4.78 is 0. The summed E-state index contributed by atoms with van der Waals surface area (Å²) in [6, 6.07) is 61.5. The van der Waals surface area contributed by atoms with Crippen molar-refractivity contribution in [1.29, 1.82) is 10.8 Å². The molecule has 0 aliphatic carbocycles. The molecule has 2 N–H and O–H groups in total. The van der Waals surface area contributed by atoms with Gasteiger partial charge in [-0.15, -0.1) is 24.8 Å². The van der Waals surface area contributed by atoms with E-state index in [4.69, 9.17) is 10.8 Å². The molecule has 0 aliphatic rings. The molecule has 0 fully saturated rings. The van der Waals surface area contributed by atoms with E-state index in [-0.39, 0.29) is 24.8 Å². The number of benzene rings is 6. The fraction of sp³-hybridized carbons (Fsp3) is 0. The Bertz CT molecular complexity index is 1480. The van der Waals surface area contributed by atoms with E-state index in [1.165, 1.54) is 21.2 Å². The molecular weight excluding hydrogens is 617 g/mol. The number of hydrogen-bond donors (Lipinski definition) is 2. The van der Waals surface area contributed by atoms with Crippen LogP contribution in [0.1, 0.15) is 11.1 Å². The summed E-state index contributed by atoms with van der Waals surface area (Å²) in [4.78, 5) is 0. The second kappa shape index (κ2) is 18.0. The van der Waals surface area contributed by atoms with Crippen molar-refractivity contribution in [2.45, 2.75) is 0 Å². The predicted octanol–water partition coefficient (Wildman–Crippen LogP) is 9.13. The van der Waals surface area contributed by atoms with Crippen LogP contribution < -0.4 is 21.2 Å². The van der Waals surface area contributed by atoms with E-state index in [9.17, 15) is 0 Å². The fourth-order valence-corrected chi connectivity index (χ4v) is 8.90. The molecule has 0 bridgehead atoms. The van der Waals surface area contributed by atoms with Crippen LogP contribution in [0.3, 0.4) is 0 Å². The molecule has 0 aromatic heterocycles. The molecule has 6 aromatic rings. The lowest BCUT2D eigenvalue weighted by Crippen LogP contribution is -2.18. The molecule has 0 aliphatic heterocycles. The normalized spacial score (nSPS) is 10.0. The van der Waals surface area contributed by atoms with E-state index in [2.05, 4.69) is 48.5 Å². The van der Waals surface area contributed by atoms with E-state index in [1.54, 1.807) is 0 Å². The van der Waals surface area contributed by atoms with Gasteiger partial charge in [0.25, 0.3) is 0 Å². The van der Waals surface area contributed by atoms with Gasteiger partial charge in [-0.3, -0.25) is 10.8 Å². The molecule has 0 atom stereocenters. The molecule has 0 heterocycles. The van der Waals surface area contributed by atoms with Crippen molar-refractivity contribution in [2.24, 2.45) is 0 Å². The van der Waals surface area contributed by atoms with Crippen LogP contribution in [0.4, 0.5) is 0 Å². The molecule has 220 valence electrons. The highest BCUT2D eigenvalue weighted by molar-refractivity contribution is 7.89. The van der Waals surface area contributed by atoms with Gasteiger partial charge in [0.15, 0.2) is 0 Å². The van der Waals surface area contributed by atoms with Gasteiger partial charge in [0.2, 0.25) is 0 Å². The first kappa shape index (κ1) is 34.6. The summed E-state index contributed by atoms with van der Waals surface area (Å²) in [6.45, 7) is 0. The van der Waals surface area contributed by atoms with Crippen LogP contribution in [0.2, 0.25) is 0 Å². The van der Waals surface area contributed by atoms with Crippen molar-refractivity contribution in [3.05, 3.63) is 193 Å². The van der Waals surface area contributed by atoms with Crippen LogP contribution in [-0.2, 0) is 0 Å².